The molecule has 2 nitrogen and oxygen atoms in total. The molecule has 0 atom stereocenters. The summed E-state index contributed by atoms with van der Waals surface area (Å²) in [5, 5.41) is 0. The van der Waals surface area contributed by atoms with E-state index in [0.717, 1.165) is 5.57 Å². The third-order valence-corrected chi connectivity index (χ3v) is 1.46. The van der Waals surface area contributed by atoms with Crippen molar-refractivity contribution in [3.05, 3.63) is 47.9 Å². The van der Waals surface area contributed by atoms with Gasteiger partial charge in [-0.3, -0.25) is 0 Å². The molecule has 0 amide bonds. The zero-order chi connectivity index (χ0) is 9.56. The molecule has 66 valence electrons. The zero-order valence-electron chi connectivity index (χ0n) is 7.67. The zero-order valence-corrected chi connectivity index (χ0v) is 7.67. The molecule has 2 heteroatoms. The lowest BCUT2D eigenvalue weighted by molar-refractivity contribution is 1.18. The van der Waals surface area contributed by atoms with Crippen molar-refractivity contribution < 1.29 is 0 Å². The van der Waals surface area contributed by atoms with Gasteiger partial charge in [0.05, 0.1) is 5.70 Å². The fourth-order valence-electron chi connectivity index (χ4n) is 0.741. The van der Waals surface area contributed by atoms with Gasteiger partial charge in [0.15, 0.2) is 0 Å². The fourth-order valence-corrected chi connectivity index (χ4v) is 0.741. The maximum absolute atomic E-state index is 5.71. The Morgan fingerprint density at radius 3 is 2.25 bits per heavy atom. The topological polar surface area (TPSA) is 52.0 Å². The molecular formula is C10H16N2. The molecule has 0 aromatic carbocycles. The predicted octanol–water partition coefficient (Wildman–Crippen LogP) is 1.82. The maximum Gasteiger partial charge on any atom is 0.0572 e. The first kappa shape index (κ1) is 10.6. The second kappa shape index (κ2) is 5.24. The first-order valence-electron chi connectivity index (χ1n) is 3.81. The highest BCUT2D eigenvalue weighted by Gasteiger charge is 1.96. The van der Waals surface area contributed by atoms with E-state index in [1.807, 2.05) is 25.2 Å². The molecule has 0 unspecified atom stereocenters. The Balaban J connectivity index is 4.72. The van der Waals surface area contributed by atoms with Gasteiger partial charge >= 0.3 is 0 Å². The van der Waals surface area contributed by atoms with E-state index in [-0.39, 0.29) is 0 Å². The summed E-state index contributed by atoms with van der Waals surface area (Å²) in [6.07, 6.45) is 7.30. The largest absolute Gasteiger partial charge is 0.401 e. The van der Waals surface area contributed by atoms with Crippen LogP contribution in [0, 0.1) is 0 Å². The first-order chi connectivity index (χ1) is 5.63. The molecule has 0 fully saturated rings. The Morgan fingerprint density at radius 1 is 1.33 bits per heavy atom. The summed E-state index contributed by atoms with van der Waals surface area (Å²) in [5.41, 5.74) is 13.4. The third-order valence-electron chi connectivity index (χ3n) is 1.46. The Hall–Kier alpha value is -1.44. The van der Waals surface area contributed by atoms with E-state index in [2.05, 4.69) is 6.58 Å². The highest BCUT2D eigenvalue weighted by atomic mass is 14.7. The minimum absolute atomic E-state index is 0.621. The molecule has 0 aliphatic carbocycles. The standard InChI is InChI=1S/C10H16N2/c1-4-6-7-9(5-2)10(12)8(3)11/h4-7H,1,11-12H2,2-3H3/b7-6-,9-5+,10-8-. The third kappa shape index (κ3) is 3.10. The van der Waals surface area contributed by atoms with Gasteiger partial charge in [-0.25, -0.2) is 0 Å². The fraction of sp³-hybridized carbons (Fsp3) is 0.200. The molecule has 0 spiro atoms. The van der Waals surface area contributed by atoms with Crippen LogP contribution in [0.25, 0.3) is 0 Å². The highest BCUT2D eigenvalue weighted by Crippen LogP contribution is 2.07. The van der Waals surface area contributed by atoms with Gasteiger partial charge in [0.1, 0.15) is 0 Å². The summed E-state index contributed by atoms with van der Waals surface area (Å²) in [7, 11) is 0. The number of rotatable bonds is 3. The Kier molecular flexibility index (Phi) is 4.61. The van der Waals surface area contributed by atoms with Gasteiger partial charge in [0.25, 0.3) is 0 Å². The van der Waals surface area contributed by atoms with Crippen molar-refractivity contribution in [2.24, 2.45) is 11.5 Å². The monoisotopic (exact) mass is 164 g/mol. The van der Waals surface area contributed by atoms with Crippen LogP contribution >= 0.6 is 0 Å². The Morgan fingerprint density at radius 2 is 1.92 bits per heavy atom. The summed E-state index contributed by atoms with van der Waals surface area (Å²) in [6.45, 7) is 7.26. The van der Waals surface area contributed by atoms with Gasteiger partial charge in [-0.2, -0.15) is 0 Å². The van der Waals surface area contributed by atoms with Gasteiger partial charge < -0.3 is 11.5 Å². The second-order valence-corrected chi connectivity index (χ2v) is 2.44. The summed E-state index contributed by atoms with van der Waals surface area (Å²) < 4.78 is 0. The summed E-state index contributed by atoms with van der Waals surface area (Å²) >= 11 is 0. The molecule has 0 heterocycles. The van der Waals surface area contributed by atoms with Crippen molar-refractivity contribution in [2.45, 2.75) is 13.8 Å². The second-order valence-electron chi connectivity index (χ2n) is 2.44. The summed E-state index contributed by atoms with van der Waals surface area (Å²) in [4.78, 5) is 0. The van der Waals surface area contributed by atoms with E-state index in [4.69, 9.17) is 11.5 Å². The van der Waals surface area contributed by atoms with Gasteiger partial charge in [0.2, 0.25) is 0 Å². The minimum Gasteiger partial charge on any atom is -0.401 e. The molecule has 0 aliphatic rings. The number of allylic oxidation sites excluding steroid dienone is 5. The van der Waals surface area contributed by atoms with Crippen LogP contribution in [0.2, 0.25) is 0 Å². The van der Waals surface area contributed by atoms with Crippen LogP contribution < -0.4 is 11.5 Å². The van der Waals surface area contributed by atoms with Crippen LogP contribution in [0.1, 0.15) is 13.8 Å². The minimum atomic E-state index is 0.621. The predicted molar refractivity (Wildman–Crippen MR) is 54.2 cm³/mol. The van der Waals surface area contributed by atoms with E-state index in [9.17, 15) is 0 Å². The molecule has 0 radical (unpaired) electrons. The summed E-state index contributed by atoms with van der Waals surface area (Å²) in [6, 6.07) is 0. The molecular weight excluding hydrogens is 148 g/mol. The van der Waals surface area contributed by atoms with Crippen molar-refractivity contribution in [3.63, 3.8) is 0 Å². The molecule has 0 aromatic heterocycles. The van der Waals surface area contributed by atoms with E-state index in [1.54, 1.807) is 13.0 Å². The molecule has 0 saturated heterocycles. The van der Waals surface area contributed by atoms with E-state index in [1.165, 1.54) is 0 Å². The normalized spacial score (nSPS) is 14.7. The van der Waals surface area contributed by atoms with E-state index in [0.29, 0.717) is 11.4 Å². The Labute approximate surface area is 73.9 Å². The van der Waals surface area contributed by atoms with Crippen LogP contribution in [-0.4, -0.2) is 0 Å². The number of hydrogen-bond acceptors (Lipinski definition) is 2. The van der Waals surface area contributed by atoms with Crippen molar-refractivity contribution in [1.82, 2.24) is 0 Å². The lowest BCUT2D eigenvalue weighted by Gasteiger charge is -2.03. The lowest BCUT2D eigenvalue weighted by Crippen LogP contribution is -2.08. The molecule has 0 aliphatic heterocycles. The lowest BCUT2D eigenvalue weighted by atomic mass is 10.1. The molecule has 0 bridgehead atoms. The van der Waals surface area contributed by atoms with Gasteiger partial charge in [0, 0.05) is 5.70 Å². The maximum atomic E-state index is 5.71. The smallest absolute Gasteiger partial charge is 0.0572 e. The van der Waals surface area contributed by atoms with Gasteiger partial charge in [-0.15, -0.1) is 0 Å². The highest BCUT2D eigenvalue weighted by molar-refractivity contribution is 5.39. The molecule has 4 N–H and O–H groups in total. The first-order valence-corrected chi connectivity index (χ1v) is 3.81. The average molecular weight is 164 g/mol. The van der Waals surface area contributed by atoms with Crippen molar-refractivity contribution >= 4 is 0 Å². The Bertz CT molecular complexity index is 241. The van der Waals surface area contributed by atoms with Crippen LogP contribution in [-0.2, 0) is 0 Å². The molecule has 0 rings (SSSR count). The molecule has 12 heavy (non-hydrogen) atoms. The van der Waals surface area contributed by atoms with Gasteiger partial charge in [-0.05, 0) is 19.4 Å². The van der Waals surface area contributed by atoms with Gasteiger partial charge in [-0.1, -0.05) is 30.9 Å². The average Bonchev–Trinajstić information content (AvgIpc) is 2.05. The molecule has 0 saturated carbocycles. The van der Waals surface area contributed by atoms with Crippen LogP contribution in [0.3, 0.4) is 0 Å². The number of nitrogens with two attached hydrogens (primary N) is 2. The van der Waals surface area contributed by atoms with Crippen LogP contribution in [0.5, 0.6) is 0 Å². The van der Waals surface area contributed by atoms with Crippen molar-refractivity contribution in [1.29, 1.82) is 0 Å². The van der Waals surface area contributed by atoms with Crippen molar-refractivity contribution in [2.75, 3.05) is 0 Å². The quantitative estimate of drug-likeness (QED) is 0.625. The van der Waals surface area contributed by atoms with Crippen LogP contribution in [0.4, 0.5) is 0 Å². The number of hydrogen-bond donors (Lipinski definition) is 2. The van der Waals surface area contributed by atoms with E-state index < -0.39 is 0 Å². The summed E-state index contributed by atoms with van der Waals surface area (Å²) in [5.74, 6) is 0. The SMILES string of the molecule is C=C\C=C/C(=C\C)C(/N)=C(\C)N. The van der Waals surface area contributed by atoms with Crippen molar-refractivity contribution in [3.8, 4) is 0 Å². The molecule has 0 aromatic rings. The van der Waals surface area contributed by atoms with E-state index >= 15 is 0 Å². The van der Waals surface area contributed by atoms with Crippen LogP contribution in [0.15, 0.2) is 47.9 Å².